The summed E-state index contributed by atoms with van der Waals surface area (Å²) in [6.45, 7) is 6.19. The molecule has 0 spiro atoms. The molecule has 1 atom stereocenters. The molecule has 1 amide bonds. The third-order valence-electron chi connectivity index (χ3n) is 4.19. The van der Waals surface area contributed by atoms with Crippen LogP contribution < -0.4 is 0 Å². The van der Waals surface area contributed by atoms with Crippen molar-refractivity contribution in [2.24, 2.45) is 0 Å². The summed E-state index contributed by atoms with van der Waals surface area (Å²) in [7, 11) is 0. The molecular formula is C16H22N4OS. The summed E-state index contributed by atoms with van der Waals surface area (Å²) in [5, 5.41) is 1.17. The second kappa shape index (κ2) is 6.60. The van der Waals surface area contributed by atoms with E-state index < -0.39 is 0 Å². The molecule has 118 valence electrons. The molecule has 0 radical (unpaired) electrons. The standard InChI is InChI=1S/C16H22N4OS/c1-3-14-17-6-8-19(14)11-15(21)20-7-4-5-13(10-20)16-18-9-12(2)22-16/h6,8-9,13H,3-5,7,10-11H2,1-2H3. The van der Waals surface area contributed by atoms with Crippen molar-refractivity contribution in [1.82, 2.24) is 19.4 Å². The lowest BCUT2D eigenvalue weighted by molar-refractivity contribution is -0.133. The van der Waals surface area contributed by atoms with E-state index >= 15 is 0 Å². The van der Waals surface area contributed by atoms with Crippen LogP contribution in [0.3, 0.4) is 0 Å². The Morgan fingerprint density at radius 3 is 3.05 bits per heavy atom. The zero-order valence-corrected chi connectivity index (χ0v) is 14.0. The second-order valence-electron chi connectivity index (χ2n) is 5.81. The summed E-state index contributed by atoms with van der Waals surface area (Å²) in [6.07, 6.45) is 8.62. The monoisotopic (exact) mass is 318 g/mol. The summed E-state index contributed by atoms with van der Waals surface area (Å²) in [4.78, 5) is 24.6. The van der Waals surface area contributed by atoms with Gasteiger partial charge in [0.2, 0.25) is 5.91 Å². The van der Waals surface area contributed by atoms with E-state index in [0.717, 1.165) is 38.2 Å². The van der Waals surface area contributed by atoms with Crippen molar-refractivity contribution in [3.05, 3.63) is 34.3 Å². The van der Waals surface area contributed by atoms with Gasteiger partial charge in [-0.3, -0.25) is 4.79 Å². The number of piperidine rings is 1. The van der Waals surface area contributed by atoms with E-state index in [1.54, 1.807) is 17.5 Å². The highest BCUT2D eigenvalue weighted by atomic mass is 32.1. The van der Waals surface area contributed by atoms with Gasteiger partial charge in [0.25, 0.3) is 0 Å². The third-order valence-corrected chi connectivity index (χ3v) is 5.26. The number of hydrogen-bond acceptors (Lipinski definition) is 4. The minimum Gasteiger partial charge on any atom is -0.340 e. The summed E-state index contributed by atoms with van der Waals surface area (Å²) in [6, 6.07) is 0. The van der Waals surface area contributed by atoms with Crippen LogP contribution in [0.1, 0.15) is 41.4 Å². The lowest BCUT2D eigenvalue weighted by Crippen LogP contribution is -2.40. The maximum absolute atomic E-state index is 12.6. The Labute approximate surface area is 135 Å². The molecule has 2 aromatic rings. The first-order valence-electron chi connectivity index (χ1n) is 7.87. The normalized spacial score (nSPS) is 18.6. The molecule has 0 N–H and O–H groups in total. The first-order chi connectivity index (χ1) is 10.7. The van der Waals surface area contributed by atoms with E-state index in [1.165, 1.54) is 9.88 Å². The average Bonchev–Trinajstić information content (AvgIpc) is 3.16. The van der Waals surface area contributed by atoms with Crippen molar-refractivity contribution in [2.45, 2.75) is 45.6 Å². The molecule has 1 unspecified atom stereocenters. The van der Waals surface area contributed by atoms with E-state index in [1.807, 2.05) is 21.9 Å². The highest BCUT2D eigenvalue weighted by molar-refractivity contribution is 7.11. The van der Waals surface area contributed by atoms with Crippen LogP contribution in [-0.2, 0) is 17.8 Å². The number of amides is 1. The van der Waals surface area contributed by atoms with Gasteiger partial charge in [0, 0.05) is 48.9 Å². The van der Waals surface area contributed by atoms with E-state index in [2.05, 4.69) is 23.8 Å². The minimum absolute atomic E-state index is 0.186. The Kier molecular flexibility index (Phi) is 4.57. The molecule has 0 saturated carbocycles. The van der Waals surface area contributed by atoms with E-state index in [4.69, 9.17) is 0 Å². The number of carbonyl (C=O) groups excluding carboxylic acids is 1. The molecule has 22 heavy (non-hydrogen) atoms. The van der Waals surface area contributed by atoms with Gasteiger partial charge in [0.1, 0.15) is 12.4 Å². The van der Waals surface area contributed by atoms with E-state index in [9.17, 15) is 4.79 Å². The minimum atomic E-state index is 0.186. The van der Waals surface area contributed by atoms with Gasteiger partial charge >= 0.3 is 0 Å². The van der Waals surface area contributed by atoms with Crippen molar-refractivity contribution in [2.75, 3.05) is 13.1 Å². The Hall–Kier alpha value is -1.69. The van der Waals surface area contributed by atoms with Crippen LogP contribution in [-0.4, -0.2) is 38.4 Å². The molecule has 0 bridgehead atoms. The molecule has 1 aliphatic heterocycles. The molecule has 1 aliphatic rings. The smallest absolute Gasteiger partial charge is 0.242 e. The number of rotatable bonds is 4. The zero-order valence-electron chi connectivity index (χ0n) is 13.2. The fourth-order valence-electron chi connectivity index (χ4n) is 3.01. The van der Waals surface area contributed by atoms with Crippen molar-refractivity contribution < 1.29 is 4.79 Å². The predicted octanol–water partition coefficient (Wildman–Crippen LogP) is 2.62. The van der Waals surface area contributed by atoms with Gasteiger partial charge in [-0.2, -0.15) is 0 Å². The number of aromatic nitrogens is 3. The SMILES string of the molecule is CCc1nccn1CC(=O)N1CCCC(c2ncc(C)s2)C1. The number of nitrogens with zero attached hydrogens (tertiary/aromatic N) is 4. The van der Waals surface area contributed by atoms with Crippen LogP contribution in [0.4, 0.5) is 0 Å². The van der Waals surface area contributed by atoms with E-state index in [-0.39, 0.29) is 5.91 Å². The van der Waals surface area contributed by atoms with Crippen LogP contribution in [0.5, 0.6) is 0 Å². The molecule has 1 fully saturated rings. The predicted molar refractivity (Wildman–Crippen MR) is 87.0 cm³/mol. The first-order valence-corrected chi connectivity index (χ1v) is 8.69. The van der Waals surface area contributed by atoms with Gasteiger partial charge in [-0.05, 0) is 19.8 Å². The van der Waals surface area contributed by atoms with Gasteiger partial charge in [-0.15, -0.1) is 11.3 Å². The first kappa shape index (κ1) is 15.2. The Morgan fingerprint density at radius 2 is 2.32 bits per heavy atom. The average molecular weight is 318 g/mol. The van der Waals surface area contributed by atoms with Crippen LogP contribution in [0.2, 0.25) is 0 Å². The largest absolute Gasteiger partial charge is 0.340 e. The van der Waals surface area contributed by atoms with Gasteiger partial charge in [-0.25, -0.2) is 9.97 Å². The molecule has 0 aromatic carbocycles. The zero-order chi connectivity index (χ0) is 15.5. The molecule has 0 aliphatic carbocycles. The number of thiazole rings is 1. The fourth-order valence-corrected chi connectivity index (χ4v) is 3.91. The molecule has 3 heterocycles. The maximum Gasteiger partial charge on any atom is 0.242 e. The summed E-state index contributed by atoms with van der Waals surface area (Å²) in [5.74, 6) is 1.55. The second-order valence-corrected chi connectivity index (χ2v) is 7.08. The molecule has 3 rings (SSSR count). The third kappa shape index (κ3) is 3.21. The number of aryl methyl sites for hydroxylation is 2. The summed E-state index contributed by atoms with van der Waals surface area (Å²) < 4.78 is 1.96. The molecular weight excluding hydrogens is 296 g/mol. The van der Waals surface area contributed by atoms with Gasteiger partial charge in [0.15, 0.2) is 0 Å². The van der Waals surface area contributed by atoms with Crippen molar-refractivity contribution in [3.63, 3.8) is 0 Å². The highest BCUT2D eigenvalue weighted by Crippen LogP contribution is 2.29. The molecule has 2 aromatic heterocycles. The van der Waals surface area contributed by atoms with Crippen LogP contribution in [0, 0.1) is 6.92 Å². The van der Waals surface area contributed by atoms with Crippen LogP contribution >= 0.6 is 11.3 Å². The quantitative estimate of drug-likeness (QED) is 0.871. The summed E-state index contributed by atoms with van der Waals surface area (Å²) in [5.41, 5.74) is 0. The van der Waals surface area contributed by atoms with Crippen LogP contribution in [0.25, 0.3) is 0 Å². The van der Waals surface area contributed by atoms with Gasteiger partial charge < -0.3 is 9.47 Å². The van der Waals surface area contributed by atoms with Gasteiger partial charge in [-0.1, -0.05) is 6.92 Å². The highest BCUT2D eigenvalue weighted by Gasteiger charge is 2.26. The number of likely N-dealkylation sites (tertiary alicyclic amines) is 1. The van der Waals surface area contributed by atoms with Crippen molar-refractivity contribution >= 4 is 17.2 Å². The van der Waals surface area contributed by atoms with Gasteiger partial charge in [0.05, 0.1) is 5.01 Å². The molecule has 1 saturated heterocycles. The fraction of sp³-hybridized carbons (Fsp3) is 0.562. The topological polar surface area (TPSA) is 51.0 Å². The Balaban J connectivity index is 1.65. The molecule has 5 nitrogen and oxygen atoms in total. The lowest BCUT2D eigenvalue weighted by atomic mass is 9.98. The number of carbonyl (C=O) groups is 1. The van der Waals surface area contributed by atoms with Crippen molar-refractivity contribution in [1.29, 1.82) is 0 Å². The number of imidazole rings is 1. The summed E-state index contributed by atoms with van der Waals surface area (Å²) >= 11 is 1.76. The molecule has 6 heteroatoms. The Bertz CT molecular complexity index is 648. The lowest BCUT2D eigenvalue weighted by Gasteiger charge is -2.32. The number of hydrogen-bond donors (Lipinski definition) is 0. The van der Waals surface area contributed by atoms with E-state index in [0.29, 0.717) is 12.5 Å². The maximum atomic E-state index is 12.6. The Morgan fingerprint density at radius 1 is 1.45 bits per heavy atom. The van der Waals surface area contributed by atoms with Crippen LogP contribution in [0.15, 0.2) is 18.6 Å². The van der Waals surface area contributed by atoms with Crippen molar-refractivity contribution in [3.8, 4) is 0 Å².